The number of hydrogen-bond acceptors (Lipinski definition) is 3. The van der Waals surface area contributed by atoms with Crippen molar-refractivity contribution >= 4 is 0 Å². The minimum Gasteiger partial charge on any atom is -0.376 e. The highest BCUT2D eigenvalue weighted by Crippen LogP contribution is 2.13. The van der Waals surface area contributed by atoms with Crippen LogP contribution < -0.4 is 5.32 Å². The molecule has 0 heterocycles. The molecule has 0 amide bonds. The van der Waals surface area contributed by atoms with Gasteiger partial charge < -0.3 is 14.8 Å². The van der Waals surface area contributed by atoms with Gasteiger partial charge in [-0.25, -0.2) is 0 Å². The third kappa shape index (κ3) is 9.13. The summed E-state index contributed by atoms with van der Waals surface area (Å²) < 4.78 is 11.6. The molecule has 0 unspecified atom stereocenters. The molecule has 0 radical (unpaired) electrons. The Bertz CT molecular complexity index is 160. The average Bonchev–Trinajstić information content (AvgIpc) is 2.11. The van der Waals surface area contributed by atoms with Crippen LogP contribution in [-0.2, 0) is 9.47 Å². The van der Waals surface area contributed by atoms with E-state index >= 15 is 0 Å². The lowest BCUT2D eigenvalue weighted by Gasteiger charge is -2.25. The molecule has 3 nitrogen and oxygen atoms in total. The fourth-order valence-corrected chi connectivity index (χ4v) is 1.82. The van der Waals surface area contributed by atoms with Crippen LogP contribution in [-0.4, -0.2) is 38.0 Å². The van der Waals surface area contributed by atoms with Crippen LogP contribution in [0.5, 0.6) is 0 Å². The summed E-state index contributed by atoms with van der Waals surface area (Å²) in [5.74, 6) is 0. The Morgan fingerprint density at radius 1 is 0.938 bits per heavy atom. The Morgan fingerprint density at radius 2 is 1.50 bits per heavy atom. The summed E-state index contributed by atoms with van der Waals surface area (Å²) >= 11 is 0. The molecule has 0 aromatic carbocycles. The molecule has 0 spiro atoms. The molecular weight excluding hydrogens is 202 g/mol. The zero-order valence-corrected chi connectivity index (χ0v) is 11.7. The summed E-state index contributed by atoms with van der Waals surface area (Å²) in [6.07, 6.45) is 3.15. The molecule has 0 saturated carbocycles. The molecule has 0 aliphatic carbocycles. The first kappa shape index (κ1) is 15.9. The van der Waals surface area contributed by atoms with Gasteiger partial charge in [0.2, 0.25) is 0 Å². The Kier molecular flexibility index (Phi) is 8.90. The molecule has 0 saturated heterocycles. The summed E-state index contributed by atoms with van der Waals surface area (Å²) in [6.45, 7) is 11.4. The van der Waals surface area contributed by atoms with Crippen LogP contribution in [0.3, 0.4) is 0 Å². The van der Waals surface area contributed by atoms with Crippen molar-refractivity contribution in [3.8, 4) is 0 Å². The van der Waals surface area contributed by atoms with Crippen molar-refractivity contribution in [1.29, 1.82) is 0 Å². The van der Waals surface area contributed by atoms with E-state index in [9.17, 15) is 0 Å². The van der Waals surface area contributed by atoms with E-state index in [2.05, 4.69) is 39.9 Å². The number of nitrogens with one attached hydrogen (secondary N) is 1. The maximum absolute atomic E-state index is 5.88. The van der Waals surface area contributed by atoms with Gasteiger partial charge in [0.25, 0.3) is 0 Å². The van der Waals surface area contributed by atoms with Gasteiger partial charge in [0.05, 0.1) is 24.4 Å². The van der Waals surface area contributed by atoms with Gasteiger partial charge in [0, 0.05) is 0 Å². The summed E-state index contributed by atoms with van der Waals surface area (Å²) in [5.41, 5.74) is 0. The van der Waals surface area contributed by atoms with Crippen molar-refractivity contribution in [3.63, 3.8) is 0 Å². The first-order valence-electron chi connectivity index (χ1n) is 6.41. The van der Waals surface area contributed by atoms with E-state index in [-0.39, 0.29) is 12.2 Å². The minimum absolute atomic E-state index is 0.264. The van der Waals surface area contributed by atoms with E-state index in [1.807, 2.05) is 7.05 Å². The highest BCUT2D eigenvalue weighted by atomic mass is 16.5. The third-order valence-electron chi connectivity index (χ3n) is 2.28. The van der Waals surface area contributed by atoms with Crippen LogP contribution in [0.15, 0.2) is 0 Å². The molecule has 0 aromatic heterocycles. The smallest absolute Gasteiger partial charge is 0.0615 e. The summed E-state index contributed by atoms with van der Waals surface area (Å²) in [4.78, 5) is 0. The van der Waals surface area contributed by atoms with Gasteiger partial charge in [-0.05, 0) is 61.1 Å². The molecule has 0 fully saturated rings. The lowest BCUT2D eigenvalue weighted by molar-refractivity contribution is -0.0513. The minimum atomic E-state index is 0.264. The van der Waals surface area contributed by atoms with E-state index in [1.165, 1.54) is 0 Å². The topological polar surface area (TPSA) is 30.5 Å². The molecule has 0 rings (SSSR count). The maximum Gasteiger partial charge on any atom is 0.0615 e. The highest BCUT2D eigenvalue weighted by molar-refractivity contribution is 4.66. The monoisotopic (exact) mass is 231 g/mol. The van der Waals surface area contributed by atoms with Crippen LogP contribution in [0.2, 0.25) is 0 Å². The van der Waals surface area contributed by atoms with Gasteiger partial charge >= 0.3 is 0 Å². The second kappa shape index (κ2) is 8.97. The molecule has 3 heteroatoms. The van der Waals surface area contributed by atoms with Crippen molar-refractivity contribution in [3.05, 3.63) is 0 Å². The van der Waals surface area contributed by atoms with Crippen molar-refractivity contribution in [2.75, 3.05) is 13.6 Å². The molecule has 1 N–H and O–H groups in total. The van der Waals surface area contributed by atoms with E-state index in [1.54, 1.807) is 0 Å². The van der Waals surface area contributed by atoms with Crippen molar-refractivity contribution in [2.24, 2.45) is 0 Å². The van der Waals surface area contributed by atoms with Gasteiger partial charge in [-0.15, -0.1) is 0 Å². The van der Waals surface area contributed by atoms with Crippen molar-refractivity contribution < 1.29 is 9.47 Å². The molecule has 16 heavy (non-hydrogen) atoms. The number of ether oxygens (including phenoxy) is 2. The predicted molar refractivity (Wildman–Crippen MR) is 68.9 cm³/mol. The second-order valence-corrected chi connectivity index (χ2v) is 4.93. The zero-order chi connectivity index (χ0) is 12.6. The molecule has 0 aromatic rings. The molecular formula is C13H29NO2. The van der Waals surface area contributed by atoms with Gasteiger partial charge in [0.1, 0.15) is 0 Å². The maximum atomic E-state index is 5.88. The van der Waals surface area contributed by atoms with Crippen LogP contribution in [0.1, 0.15) is 47.5 Å². The van der Waals surface area contributed by atoms with Gasteiger partial charge in [0.15, 0.2) is 0 Å². The van der Waals surface area contributed by atoms with E-state index in [0.717, 1.165) is 19.4 Å². The molecule has 98 valence electrons. The van der Waals surface area contributed by atoms with Crippen molar-refractivity contribution in [2.45, 2.75) is 71.9 Å². The standard InChI is InChI=1S/C13H29NO2/c1-10(2)15-12(5)9-13(7-8-14-6)16-11(3)4/h10-14H,7-9H2,1-6H3/t12-,13-/m0/s1. The van der Waals surface area contributed by atoms with Crippen molar-refractivity contribution in [1.82, 2.24) is 5.32 Å². The fourth-order valence-electron chi connectivity index (χ4n) is 1.82. The molecule has 2 atom stereocenters. The van der Waals surface area contributed by atoms with Gasteiger partial charge in [-0.1, -0.05) is 0 Å². The average molecular weight is 231 g/mol. The van der Waals surface area contributed by atoms with E-state index in [0.29, 0.717) is 12.2 Å². The van der Waals surface area contributed by atoms with Gasteiger partial charge in [-0.3, -0.25) is 0 Å². The zero-order valence-electron chi connectivity index (χ0n) is 11.7. The number of hydrogen-bond donors (Lipinski definition) is 1. The van der Waals surface area contributed by atoms with Crippen LogP contribution in [0, 0.1) is 0 Å². The fraction of sp³-hybridized carbons (Fsp3) is 1.00. The first-order valence-corrected chi connectivity index (χ1v) is 6.41. The summed E-state index contributed by atoms with van der Waals surface area (Å²) in [7, 11) is 1.97. The van der Waals surface area contributed by atoms with Crippen LogP contribution in [0.4, 0.5) is 0 Å². The van der Waals surface area contributed by atoms with Crippen LogP contribution >= 0.6 is 0 Å². The Hall–Kier alpha value is -0.120. The summed E-state index contributed by atoms with van der Waals surface area (Å²) in [6, 6.07) is 0. The Morgan fingerprint density at radius 3 is 1.94 bits per heavy atom. The van der Waals surface area contributed by atoms with Gasteiger partial charge in [-0.2, -0.15) is 0 Å². The molecule has 0 aliphatic heterocycles. The third-order valence-corrected chi connectivity index (χ3v) is 2.28. The summed E-state index contributed by atoms with van der Waals surface area (Å²) in [5, 5.41) is 3.16. The van der Waals surface area contributed by atoms with E-state index < -0.39 is 0 Å². The Labute approximate surface area is 101 Å². The Balaban J connectivity index is 3.97. The largest absolute Gasteiger partial charge is 0.376 e. The first-order chi connectivity index (χ1) is 7.45. The highest BCUT2D eigenvalue weighted by Gasteiger charge is 2.16. The molecule has 0 bridgehead atoms. The second-order valence-electron chi connectivity index (χ2n) is 4.93. The lowest BCUT2D eigenvalue weighted by atomic mass is 10.1. The quantitative estimate of drug-likeness (QED) is 0.661. The number of rotatable bonds is 9. The lowest BCUT2D eigenvalue weighted by Crippen LogP contribution is -2.28. The van der Waals surface area contributed by atoms with E-state index in [4.69, 9.17) is 9.47 Å². The SMILES string of the molecule is CNCC[C@@H](C[C@H](C)OC(C)C)OC(C)C. The van der Waals surface area contributed by atoms with Crippen LogP contribution in [0.25, 0.3) is 0 Å². The molecule has 0 aliphatic rings. The normalized spacial score (nSPS) is 15.8. The predicted octanol–water partition coefficient (Wildman–Crippen LogP) is 2.59.